The fourth-order valence-corrected chi connectivity index (χ4v) is 1.82. The monoisotopic (exact) mass is 229 g/mol. The molecule has 1 aliphatic rings. The lowest BCUT2D eigenvalue weighted by molar-refractivity contribution is -0.153. The minimum Gasteiger partial charge on any atom is -0.466 e. The molecule has 0 aromatic rings. The highest BCUT2D eigenvalue weighted by Gasteiger charge is 2.32. The smallest absolute Gasteiger partial charge is 0.310 e. The zero-order chi connectivity index (χ0) is 12.0. The van der Waals surface area contributed by atoms with E-state index in [1.54, 1.807) is 13.8 Å². The van der Waals surface area contributed by atoms with E-state index in [1.165, 1.54) is 0 Å². The number of hydrogen-bond acceptors (Lipinski definition) is 5. The van der Waals surface area contributed by atoms with E-state index in [4.69, 9.17) is 9.47 Å². The average molecular weight is 229 g/mol. The van der Waals surface area contributed by atoms with Crippen molar-refractivity contribution in [2.75, 3.05) is 26.3 Å². The van der Waals surface area contributed by atoms with Gasteiger partial charge in [0.15, 0.2) is 0 Å². The zero-order valence-electron chi connectivity index (χ0n) is 9.82. The second kappa shape index (κ2) is 6.48. The van der Waals surface area contributed by atoms with E-state index in [-0.39, 0.29) is 23.8 Å². The minimum atomic E-state index is -0.233. The van der Waals surface area contributed by atoms with Gasteiger partial charge in [0.1, 0.15) is 0 Å². The van der Waals surface area contributed by atoms with Gasteiger partial charge in [-0.2, -0.15) is 0 Å². The molecule has 5 heteroatoms. The number of nitrogens with one attached hydrogen (secondary N) is 1. The van der Waals surface area contributed by atoms with Crippen LogP contribution in [0.5, 0.6) is 0 Å². The van der Waals surface area contributed by atoms with Crippen molar-refractivity contribution in [1.29, 1.82) is 0 Å². The Labute approximate surface area is 95.5 Å². The normalized spacial score (nSPS) is 24.9. The van der Waals surface area contributed by atoms with Gasteiger partial charge in [-0.3, -0.25) is 9.59 Å². The van der Waals surface area contributed by atoms with E-state index in [0.29, 0.717) is 32.7 Å². The van der Waals surface area contributed by atoms with Crippen molar-refractivity contribution in [3.63, 3.8) is 0 Å². The van der Waals surface area contributed by atoms with Gasteiger partial charge in [-0.05, 0) is 20.3 Å². The molecule has 1 heterocycles. The fourth-order valence-electron chi connectivity index (χ4n) is 1.82. The Balaban J connectivity index is 2.46. The summed E-state index contributed by atoms with van der Waals surface area (Å²) in [6.07, 6.45) is 0.519. The van der Waals surface area contributed by atoms with Crippen LogP contribution in [0.2, 0.25) is 0 Å². The molecule has 92 valence electrons. The van der Waals surface area contributed by atoms with Crippen LogP contribution in [0.25, 0.3) is 0 Å². The van der Waals surface area contributed by atoms with Crippen molar-refractivity contribution >= 4 is 11.9 Å². The van der Waals surface area contributed by atoms with Gasteiger partial charge < -0.3 is 14.8 Å². The summed E-state index contributed by atoms with van der Waals surface area (Å²) in [5.74, 6) is -0.931. The van der Waals surface area contributed by atoms with Crippen LogP contribution in [0.15, 0.2) is 0 Å². The average Bonchev–Trinajstić information content (AvgIpc) is 2.30. The van der Waals surface area contributed by atoms with Crippen molar-refractivity contribution < 1.29 is 19.1 Å². The Morgan fingerprint density at radius 1 is 1.06 bits per heavy atom. The summed E-state index contributed by atoms with van der Waals surface area (Å²) in [4.78, 5) is 23.0. The minimum absolute atomic E-state index is 0.232. The Hall–Kier alpha value is -1.10. The quantitative estimate of drug-likeness (QED) is 0.704. The SMILES string of the molecule is CCOC(=O)[C@H]1CNC[C@H](C(=O)OCC)C1. The Morgan fingerprint density at radius 2 is 1.50 bits per heavy atom. The van der Waals surface area contributed by atoms with Gasteiger partial charge in [0, 0.05) is 13.1 Å². The molecular formula is C11H19NO4. The number of piperidine rings is 1. The van der Waals surface area contributed by atoms with Crippen LogP contribution in [0, 0.1) is 11.8 Å². The predicted molar refractivity (Wildman–Crippen MR) is 57.7 cm³/mol. The predicted octanol–water partition coefficient (Wildman–Crippen LogP) is 0.338. The van der Waals surface area contributed by atoms with Crippen LogP contribution in [0.1, 0.15) is 20.3 Å². The highest BCUT2D eigenvalue weighted by Crippen LogP contribution is 2.19. The van der Waals surface area contributed by atoms with Gasteiger partial charge >= 0.3 is 11.9 Å². The van der Waals surface area contributed by atoms with Crippen LogP contribution in [0.3, 0.4) is 0 Å². The number of rotatable bonds is 4. The van der Waals surface area contributed by atoms with Crippen LogP contribution in [0.4, 0.5) is 0 Å². The van der Waals surface area contributed by atoms with E-state index in [2.05, 4.69) is 5.32 Å². The lowest BCUT2D eigenvalue weighted by atomic mass is 9.90. The second-order valence-electron chi connectivity index (χ2n) is 3.79. The van der Waals surface area contributed by atoms with Crippen LogP contribution in [-0.2, 0) is 19.1 Å². The second-order valence-corrected chi connectivity index (χ2v) is 3.79. The Morgan fingerprint density at radius 3 is 1.88 bits per heavy atom. The third-order valence-electron chi connectivity index (χ3n) is 2.59. The summed E-state index contributed by atoms with van der Waals surface area (Å²) in [5.41, 5.74) is 0. The highest BCUT2D eigenvalue weighted by molar-refractivity contribution is 5.77. The zero-order valence-corrected chi connectivity index (χ0v) is 9.82. The van der Waals surface area contributed by atoms with E-state index in [9.17, 15) is 9.59 Å². The van der Waals surface area contributed by atoms with Crippen LogP contribution >= 0.6 is 0 Å². The standard InChI is InChI=1S/C11H19NO4/c1-3-15-10(13)8-5-9(7-12-6-8)11(14)16-4-2/h8-9,12H,3-7H2,1-2H3/t8-,9-/m1/s1. The molecule has 5 nitrogen and oxygen atoms in total. The molecule has 0 radical (unpaired) electrons. The molecule has 0 aromatic carbocycles. The molecule has 1 aliphatic heterocycles. The summed E-state index contributed by atoms with van der Waals surface area (Å²) in [6.45, 7) is 5.45. The van der Waals surface area contributed by atoms with Crippen molar-refractivity contribution in [3.8, 4) is 0 Å². The van der Waals surface area contributed by atoms with Gasteiger partial charge in [-0.25, -0.2) is 0 Å². The van der Waals surface area contributed by atoms with Crippen molar-refractivity contribution in [1.82, 2.24) is 5.32 Å². The first kappa shape index (κ1) is 13.0. The number of ether oxygens (including phenoxy) is 2. The molecule has 1 N–H and O–H groups in total. The molecule has 0 spiro atoms. The molecule has 2 atom stereocenters. The molecular weight excluding hydrogens is 210 g/mol. The van der Waals surface area contributed by atoms with Gasteiger partial charge in [-0.1, -0.05) is 0 Å². The maximum absolute atomic E-state index is 11.5. The van der Waals surface area contributed by atoms with Crippen LogP contribution in [-0.4, -0.2) is 38.2 Å². The molecule has 16 heavy (non-hydrogen) atoms. The summed E-state index contributed by atoms with van der Waals surface area (Å²) in [6, 6.07) is 0. The molecule has 0 aromatic heterocycles. The summed E-state index contributed by atoms with van der Waals surface area (Å²) in [5, 5.41) is 3.06. The van der Waals surface area contributed by atoms with Crippen LogP contribution < -0.4 is 5.32 Å². The molecule has 0 bridgehead atoms. The first-order valence-corrected chi connectivity index (χ1v) is 5.73. The Bertz CT molecular complexity index is 230. The molecule has 1 rings (SSSR count). The molecule has 1 saturated heterocycles. The number of hydrogen-bond donors (Lipinski definition) is 1. The van der Waals surface area contributed by atoms with E-state index in [1.807, 2.05) is 0 Å². The van der Waals surface area contributed by atoms with Crippen molar-refractivity contribution in [3.05, 3.63) is 0 Å². The van der Waals surface area contributed by atoms with E-state index >= 15 is 0 Å². The maximum atomic E-state index is 11.5. The summed E-state index contributed by atoms with van der Waals surface area (Å²) in [7, 11) is 0. The molecule has 0 amide bonds. The highest BCUT2D eigenvalue weighted by atomic mass is 16.5. The van der Waals surface area contributed by atoms with Crippen molar-refractivity contribution in [2.24, 2.45) is 11.8 Å². The number of esters is 2. The lowest BCUT2D eigenvalue weighted by Gasteiger charge is -2.27. The first-order valence-electron chi connectivity index (χ1n) is 5.73. The molecule has 0 saturated carbocycles. The van der Waals surface area contributed by atoms with E-state index in [0.717, 1.165) is 0 Å². The van der Waals surface area contributed by atoms with E-state index < -0.39 is 0 Å². The lowest BCUT2D eigenvalue weighted by Crippen LogP contribution is -2.43. The Kier molecular flexibility index (Phi) is 5.25. The van der Waals surface area contributed by atoms with Gasteiger partial charge in [0.25, 0.3) is 0 Å². The first-order chi connectivity index (χ1) is 7.69. The summed E-state index contributed by atoms with van der Waals surface area (Å²) < 4.78 is 9.88. The molecule has 0 unspecified atom stereocenters. The number of carbonyl (C=O) groups is 2. The molecule has 1 fully saturated rings. The maximum Gasteiger partial charge on any atom is 0.310 e. The topological polar surface area (TPSA) is 64.6 Å². The largest absolute Gasteiger partial charge is 0.466 e. The van der Waals surface area contributed by atoms with Crippen molar-refractivity contribution in [2.45, 2.75) is 20.3 Å². The number of carbonyl (C=O) groups excluding carboxylic acids is 2. The summed E-state index contributed by atoms with van der Waals surface area (Å²) >= 11 is 0. The fraction of sp³-hybridized carbons (Fsp3) is 0.818. The third-order valence-corrected chi connectivity index (χ3v) is 2.59. The van der Waals surface area contributed by atoms with Gasteiger partial charge in [0.2, 0.25) is 0 Å². The third kappa shape index (κ3) is 3.48. The van der Waals surface area contributed by atoms with Gasteiger partial charge in [-0.15, -0.1) is 0 Å². The molecule has 0 aliphatic carbocycles. The van der Waals surface area contributed by atoms with Gasteiger partial charge in [0.05, 0.1) is 25.0 Å².